The molecule has 3 N–H and O–H groups in total. The normalized spacial score (nSPS) is 17.0. The number of hydrogen-bond acceptors (Lipinski definition) is 4. The van der Waals surface area contributed by atoms with Crippen LogP contribution in [0, 0.1) is 6.92 Å². The lowest BCUT2D eigenvalue weighted by Gasteiger charge is -2.26. The summed E-state index contributed by atoms with van der Waals surface area (Å²) >= 11 is 0. The average Bonchev–Trinajstić information content (AvgIpc) is 2.35. The Kier molecular flexibility index (Phi) is 4.20. The quantitative estimate of drug-likeness (QED) is 0.835. The first-order valence-corrected chi connectivity index (χ1v) is 6.44. The predicted octanol–water partition coefficient (Wildman–Crippen LogP) is 1.87. The van der Waals surface area contributed by atoms with E-state index in [1.165, 1.54) is 32.4 Å². The first kappa shape index (κ1) is 12.2. The lowest BCUT2D eigenvalue weighted by Crippen LogP contribution is -2.33. The molecule has 1 saturated heterocycles. The van der Waals surface area contributed by atoms with Gasteiger partial charge < -0.3 is 16.0 Å². The van der Waals surface area contributed by atoms with E-state index >= 15 is 0 Å². The summed E-state index contributed by atoms with van der Waals surface area (Å²) in [5, 5.41) is 3.33. The van der Waals surface area contributed by atoms with Gasteiger partial charge in [-0.15, -0.1) is 0 Å². The predicted molar refractivity (Wildman–Crippen MR) is 72.2 cm³/mol. The van der Waals surface area contributed by atoms with Crippen molar-refractivity contribution in [3.63, 3.8) is 0 Å². The van der Waals surface area contributed by atoms with Crippen molar-refractivity contribution in [1.29, 1.82) is 0 Å². The number of nitrogens with two attached hydrogens (primary N) is 1. The van der Waals surface area contributed by atoms with E-state index < -0.39 is 0 Å². The van der Waals surface area contributed by atoms with E-state index in [-0.39, 0.29) is 0 Å². The lowest BCUT2D eigenvalue weighted by molar-refractivity contribution is 0.237. The smallest absolute Gasteiger partial charge is 0.128 e. The molecule has 0 spiro atoms. The Hall–Kier alpha value is -1.29. The molecule has 4 nitrogen and oxygen atoms in total. The van der Waals surface area contributed by atoms with Gasteiger partial charge in [-0.05, 0) is 38.4 Å². The number of aryl methyl sites for hydroxylation is 1. The molecule has 2 rings (SSSR count). The van der Waals surface area contributed by atoms with Crippen molar-refractivity contribution >= 4 is 11.5 Å². The van der Waals surface area contributed by atoms with E-state index in [1.54, 1.807) is 0 Å². The minimum atomic E-state index is 0.806. The molecule has 0 saturated carbocycles. The molecule has 0 atom stereocenters. The van der Waals surface area contributed by atoms with Crippen LogP contribution in [0.1, 0.15) is 24.8 Å². The molecule has 1 aliphatic heterocycles. The van der Waals surface area contributed by atoms with Crippen LogP contribution in [0.5, 0.6) is 0 Å². The van der Waals surface area contributed by atoms with Gasteiger partial charge in [-0.3, -0.25) is 0 Å². The summed E-state index contributed by atoms with van der Waals surface area (Å²) in [7, 11) is 0. The summed E-state index contributed by atoms with van der Waals surface area (Å²) in [5.41, 5.74) is 7.68. The number of nitrogens with zero attached hydrogens (tertiary/aromatic N) is 2. The van der Waals surface area contributed by atoms with Gasteiger partial charge in [0.15, 0.2) is 0 Å². The zero-order valence-corrected chi connectivity index (χ0v) is 10.6. The number of nitrogen functional groups attached to an aromatic ring is 1. The van der Waals surface area contributed by atoms with Crippen LogP contribution in [0.15, 0.2) is 12.3 Å². The topological polar surface area (TPSA) is 54.2 Å². The molecule has 94 valence electrons. The minimum Gasteiger partial charge on any atom is -0.398 e. The van der Waals surface area contributed by atoms with Crippen molar-refractivity contribution in [3.8, 4) is 0 Å². The van der Waals surface area contributed by atoms with Crippen molar-refractivity contribution in [2.75, 3.05) is 37.2 Å². The van der Waals surface area contributed by atoms with Crippen LogP contribution in [0.3, 0.4) is 0 Å². The highest BCUT2D eigenvalue weighted by Crippen LogP contribution is 2.13. The molecule has 0 aliphatic carbocycles. The molecule has 1 aromatic heterocycles. The molecule has 0 amide bonds. The fraction of sp³-hybridized carbons (Fsp3) is 0.615. The second kappa shape index (κ2) is 5.87. The Labute approximate surface area is 103 Å². The Balaban J connectivity index is 1.75. The first-order chi connectivity index (χ1) is 8.25. The maximum absolute atomic E-state index is 5.84. The zero-order chi connectivity index (χ0) is 12.1. The van der Waals surface area contributed by atoms with Crippen LogP contribution in [-0.4, -0.2) is 36.1 Å². The molecule has 1 aromatic rings. The highest BCUT2D eigenvalue weighted by atomic mass is 15.1. The molecule has 0 unspecified atom stereocenters. The molecule has 17 heavy (non-hydrogen) atoms. The van der Waals surface area contributed by atoms with Crippen LogP contribution in [0.25, 0.3) is 0 Å². The maximum atomic E-state index is 5.84. The van der Waals surface area contributed by atoms with Crippen LogP contribution < -0.4 is 11.1 Å². The van der Waals surface area contributed by atoms with Gasteiger partial charge >= 0.3 is 0 Å². The monoisotopic (exact) mass is 234 g/mol. The van der Waals surface area contributed by atoms with Gasteiger partial charge in [-0.1, -0.05) is 6.42 Å². The van der Waals surface area contributed by atoms with E-state index in [2.05, 4.69) is 15.2 Å². The van der Waals surface area contributed by atoms with Gasteiger partial charge in [0.2, 0.25) is 0 Å². The van der Waals surface area contributed by atoms with E-state index in [0.29, 0.717) is 0 Å². The molecule has 4 heteroatoms. The molecule has 0 radical (unpaired) electrons. The molecular formula is C13H22N4. The van der Waals surface area contributed by atoms with Crippen molar-refractivity contribution in [1.82, 2.24) is 9.88 Å². The third kappa shape index (κ3) is 3.60. The van der Waals surface area contributed by atoms with Crippen molar-refractivity contribution in [2.45, 2.75) is 26.2 Å². The molecule has 1 fully saturated rings. The SMILES string of the molecule is Cc1cnc(NCCN2CCCCC2)cc1N. The number of aromatic nitrogens is 1. The molecule has 2 heterocycles. The standard InChI is InChI=1S/C13H22N4/c1-11-10-16-13(9-12(11)14)15-5-8-17-6-3-2-4-7-17/h9-10H,2-8H2,1H3,(H3,14,15,16). The number of nitrogens with one attached hydrogen (secondary N) is 1. The largest absolute Gasteiger partial charge is 0.398 e. The number of hydrogen-bond donors (Lipinski definition) is 2. The Morgan fingerprint density at radius 2 is 2.12 bits per heavy atom. The fourth-order valence-corrected chi connectivity index (χ4v) is 2.16. The van der Waals surface area contributed by atoms with Gasteiger partial charge in [0, 0.05) is 31.0 Å². The van der Waals surface area contributed by atoms with Gasteiger partial charge in [0.25, 0.3) is 0 Å². The van der Waals surface area contributed by atoms with Gasteiger partial charge in [0.05, 0.1) is 0 Å². The number of rotatable bonds is 4. The number of piperidine rings is 1. The maximum Gasteiger partial charge on any atom is 0.128 e. The van der Waals surface area contributed by atoms with Crippen molar-refractivity contribution in [2.24, 2.45) is 0 Å². The summed E-state index contributed by atoms with van der Waals surface area (Å²) in [4.78, 5) is 6.82. The number of anilines is 2. The molecular weight excluding hydrogens is 212 g/mol. The van der Waals surface area contributed by atoms with Crippen LogP contribution >= 0.6 is 0 Å². The van der Waals surface area contributed by atoms with E-state index in [0.717, 1.165) is 30.2 Å². The summed E-state index contributed by atoms with van der Waals surface area (Å²) in [5.74, 6) is 0.880. The lowest BCUT2D eigenvalue weighted by atomic mass is 10.1. The van der Waals surface area contributed by atoms with Crippen molar-refractivity contribution in [3.05, 3.63) is 17.8 Å². The molecule has 0 bridgehead atoms. The summed E-state index contributed by atoms with van der Waals surface area (Å²) in [6, 6.07) is 1.91. The van der Waals surface area contributed by atoms with E-state index in [4.69, 9.17) is 5.73 Å². The second-order valence-electron chi connectivity index (χ2n) is 4.76. The van der Waals surface area contributed by atoms with Gasteiger partial charge in [0.1, 0.15) is 5.82 Å². The third-order valence-corrected chi connectivity index (χ3v) is 3.33. The minimum absolute atomic E-state index is 0.806. The van der Waals surface area contributed by atoms with Crippen LogP contribution in [0.2, 0.25) is 0 Å². The molecule has 0 aromatic carbocycles. The van der Waals surface area contributed by atoms with Gasteiger partial charge in [-0.25, -0.2) is 4.98 Å². The fourth-order valence-electron chi connectivity index (χ4n) is 2.16. The Bertz CT molecular complexity index is 358. The first-order valence-electron chi connectivity index (χ1n) is 6.44. The number of pyridine rings is 1. The molecule has 1 aliphatic rings. The number of likely N-dealkylation sites (tertiary alicyclic amines) is 1. The van der Waals surface area contributed by atoms with E-state index in [9.17, 15) is 0 Å². The van der Waals surface area contributed by atoms with Crippen molar-refractivity contribution < 1.29 is 0 Å². The highest BCUT2D eigenvalue weighted by Gasteiger charge is 2.08. The van der Waals surface area contributed by atoms with Crippen LogP contribution in [0.4, 0.5) is 11.5 Å². The second-order valence-corrected chi connectivity index (χ2v) is 4.76. The third-order valence-electron chi connectivity index (χ3n) is 3.33. The average molecular weight is 234 g/mol. The van der Waals surface area contributed by atoms with Crippen LogP contribution in [-0.2, 0) is 0 Å². The summed E-state index contributed by atoms with van der Waals surface area (Å²) < 4.78 is 0. The summed E-state index contributed by atoms with van der Waals surface area (Å²) in [6.07, 6.45) is 5.89. The highest BCUT2D eigenvalue weighted by molar-refractivity contribution is 5.53. The Morgan fingerprint density at radius 3 is 2.82 bits per heavy atom. The van der Waals surface area contributed by atoms with Gasteiger partial charge in [-0.2, -0.15) is 0 Å². The Morgan fingerprint density at radius 1 is 1.35 bits per heavy atom. The summed E-state index contributed by atoms with van der Waals surface area (Å²) in [6.45, 7) is 6.49. The van der Waals surface area contributed by atoms with E-state index in [1.807, 2.05) is 19.2 Å². The zero-order valence-electron chi connectivity index (χ0n) is 10.6.